The Labute approximate surface area is 138 Å². The Morgan fingerprint density at radius 3 is 2.35 bits per heavy atom. The van der Waals surface area contributed by atoms with Crippen molar-refractivity contribution < 1.29 is 24.2 Å². The normalized spacial score (nSPS) is 13.4. The molecule has 7 nitrogen and oxygen atoms in total. The molecule has 0 saturated heterocycles. The van der Waals surface area contributed by atoms with Gasteiger partial charge in [0.2, 0.25) is 0 Å². The number of carbonyl (C=O) groups excluding carboxylic acids is 1. The first-order valence-electron chi connectivity index (χ1n) is 7.51. The summed E-state index contributed by atoms with van der Waals surface area (Å²) in [6.07, 6.45) is -0.329. The maximum atomic E-state index is 11.9. The van der Waals surface area contributed by atoms with Gasteiger partial charge in [-0.1, -0.05) is 6.58 Å². The SMILES string of the molecule is C=C(/N=C(\C)C(CCN(C)C(=O)OC(C)(C)C)OCC)C(=O)O. The largest absolute Gasteiger partial charge is 0.477 e. The molecule has 1 N–H and O–H groups in total. The van der Waals surface area contributed by atoms with E-state index in [1.165, 1.54) is 4.90 Å². The zero-order chi connectivity index (χ0) is 18.2. The minimum Gasteiger partial charge on any atom is -0.477 e. The molecular formula is C16H28N2O5. The van der Waals surface area contributed by atoms with Crippen molar-refractivity contribution in [1.29, 1.82) is 0 Å². The van der Waals surface area contributed by atoms with E-state index in [9.17, 15) is 9.59 Å². The average molecular weight is 328 g/mol. The molecule has 1 amide bonds. The predicted molar refractivity (Wildman–Crippen MR) is 88.8 cm³/mol. The van der Waals surface area contributed by atoms with Gasteiger partial charge in [-0.05, 0) is 41.0 Å². The van der Waals surface area contributed by atoms with Gasteiger partial charge in [0, 0.05) is 25.9 Å². The molecule has 0 spiro atoms. The van der Waals surface area contributed by atoms with Crippen molar-refractivity contribution in [2.24, 2.45) is 4.99 Å². The lowest BCUT2D eigenvalue weighted by Gasteiger charge is -2.26. The van der Waals surface area contributed by atoms with Crippen LogP contribution in [-0.2, 0) is 14.3 Å². The van der Waals surface area contributed by atoms with Crippen LogP contribution in [0, 0.1) is 0 Å². The number of carboxylic acid groups (broad SMARTS) is 1. The third kappa shape index (κ3) is 8.97. The highest BCUT2D eigenvalue weighted by molar-refractivity contribution is 5.93. The molecule has 0 fully saturated rings. The summed E-state index contributed by atoms with van der Waals surface area (Å²) in [5.74, 6) is -1.18. The molecule has 0 rings (SSSR count). The zero-order valence-corrected chi connectivity index (χ0v) is 14.9. The highest BCUT2D eigenvalue weighted by Gasteiger charge is 2.21. The average Bonchev–Trinajstić information content (AvgIpc) is 2.40. The van der Waals surface area contributed by atoms with Crippen molar-refractivity contribution in [3.63, 3.8) is 0 Å². The van der Waals surface area contributed by atoms with Crippen molar-refractivity contribution in [3.05, 3.63) is 12.3 Å². The van der Waals surface area contributed by atoms with Crippen molar-refractivity contribution in [2.45, 2.75) is 52.7 Å². The number of carboxylic acids is 1. The lowest BCUT2D eigenvalue weighted by Crippen LogP contribution is -2.37. The molecule has 1 atom stereocenters. The standard InChI is InChI=1S/C16H28N2O5/c1-8-22-13(11(2)17-12(3)14(19)20)9-10-18(7)15(21)23-16(4,5)6/h13H,3,8-10H2,1-2,4-7H3,(H,19,20)/b17-11+. The van der Waals surface area contributed by atoms with Crippen LogP contribution >= 0.6 is 0 Å². The second-order valence-electron chi connectivity index (χ2n) is 6.14. The summed E-state index contributed by atoms with van der Waals surface area (Å²) < 4.78 is 10.8. The molecule has 0 aromatic heterocycles. The monoisotopic (exact) mass is 328 g/mol. The van der Waals surface area contributed by atoms with Crippen LogP contribution in [0.5, 0.6) is 0 Å². The third-order valence-electron chi connectivity index (χ3n) is 2.82. The third-order valence-corrected chi connectivity index (χ3v) is 2.82. The summed E-state index contributed by atoms with van der Waals surface area (Å²) in [6, 6.07) is 0. The van der Waals surface area contributed by atoms with E-state index in [1.54, 1.807) is 34.7 Å². The van der Waals surface area contributed by atoms with E-state index in [0.717, 1.165) is 0 Å². The molecule has 0 bridgehead atoms. The van der Waals surface area contributed by atoms with Gasteiger partial charge in [-0.25, -0.2) is 14.6 Å². The Hall–Kier alpha value is -1.89. The summed E-state index contributed by atoms with van der Waals surface area (Å²) in [5, 5.41) is 8.82. The zero-order valence-electron chi connectivity index (χ0n) is 14.9. The molecule has 0 aromatic carbocycles. The lowest BCUT2D eigenvalue weighted by atomic mass is 10.1. The summed E-state index contributed by atoms with van der Waals surface area (Å²) in [7, 11) is 1.64. The highest BCUT2D eigenvalue weighted by Crippen LogP contribution is 2.11. The molecule has 0 aliphatic heterocycles. The van der Waals surface area contributed by atoms with E-state index in [4.69, 9.17) is 14.6 Å². The Morgan fingerprint density at radius 2 is 1.91 bits per heavy atom. The second kappa shape index (κ2) is 9.29. The van der Waals surface area contributed by atoms with E-state index in [0.29, 0.717) is 25.3 Å². The number of aliphatic carboxylic acids is 1. The molecule has 7 heteroatoms. The number of hydrogen-bond acceptors (Lipinski definition) is 5. The Morgan fingerprint density at radius 1 is 1.35 bits per heavy atom. The van der Waals surface area contributed by atoms with E-state index in [-0.39, 0.29) is 11.8 Å². The molecule has 0 aliphatic carbocycles. The number of hydrogen-bond donors (Lipinski definition) is 1. The Balaban J connectivity index is 4.74. The minimum absolute atomic E-state index is 0.243. The second-order valence-corrected chi connectivity index (χ2v) is 6.14. The van der Waals surface area contributed by atoms with Crippen LogP contribution in [-0.4, -0.2) is 59.7 Å². The molecular weight excluding hydrogens is 300 g/mol. The number of rotatable bonds is 8. The number of nitrogens with zero attached hydrogens (tertiary/aromatic N) is 2. The topological polar surface area (TPSA) is 88.4 Å². The molecule has 1 unspecified atom stereocenters. The Kier molecular flexibility index (Phi) is 8.53. The lowest BCUT2D eigenvalue weighted by molar-refractivity contribution is -0.132. The van der Waals surface area contributed by atoms with Crippen molar-refractivity contribution >= 4 is 17.8 Å². The fraction of sp³-hybridized carbons (Fsp3) is 0.688. The Bertz CT molecular complexity index is 466. The first-order chi connectivity index (χ1) is 10.5. The van der Waals surface area contributed by atoms with Gasteiger partial charge < -0.3 is 19.5 Å². The quantitative estimate of drug-likeness (QED) is 0.546. The van der Waals surface area contributed by atoms with E-state index < -0.39 is 17.7 Å². The molecule has 0 saturated carbocycles. The van der Waals surface area contributed by atoms with Gasteiger partial charge >= 0.3 is 12.1 Å². The smallest absolute Gasteiger partial charge is 0.410 e. The maximum absolute atomic E-state index is 11.9. The molecule has 0 aromatic rings. The van der Waals surface area contributed by atoms with E-state index >= 15 is 0 Å². The van der Waals surface area contributed by atoms with Crippen molar-refractivity contribution in [3.8, 4) is 0 Å². The predicted octanol–water partition coefficient (Wildman–Crippen LogP) is 2.71. The maximum Gasteiger partial charge on any atom is 0.410 e. The van der Waals surface area contributed by atoms with Crippen LogP contribution in [0.4, 0.5) is 4.79 Å². The van der Waals surface area contributed by atoms with E-state index in [2.05, 4.69) is 11.6 Å². The van der Waals surface area contributed by atoms with Crippen molar-refractivity contribution in [2.75, 3.05) is 20.2 Å². The first kappa shape index (κ1) is 21.1. The van der Waals surface area contributed by atoms with Gasteiger partial charge in [0.1, 0.15) is 11.3 Å². The van der Waals surface area contributed by atoms with Crippen LogP contribution in [0.2, 0.25) is 0 Å². The summed E-state index contributed by atoms with van der Waals surface area (Å²) in [6.45, 7) is 13.1. The minimum atomic E-state index is -1.18. The molecule has 0 aliphatic rings. The van der Waals surface area contributed by atoms with Crippen LogP contribution in [0.25, 0.3) is 0 Å². The summed E-state index contributed by atoms with van der Waals surface area (Å²) in [4.78, 5) is 28.1. The van der Waals surface area contributed by atoms with Gasteiger partial charge in [-0.15, -0.1) is 0 Å². The first-order valence-corrected chi connectivity index (χ1v) is 7.51. The summed E-state index contributed by atoms with van der Waals surface area (Å²) in [5.41, 5.74) is -0.286. The molecule has 23 heavy (non-hydrogen) atoms. The van der Waals surface area contributed by atoms with Gasteiger partial charge in [0.15, 0.2) is 0 Å². The van der Waals surface area contributed by atoms with Crippen LogP contribution in [0.1, 0.15) is 41.0 Å². The number of amides is 1. The molecule has 132 valence electrons. The van der Waals surface area contributed by atoms with E-state index in [1.807, 2.05) is 6.92 Å². The number of aliphatic imine (C=N–C) groups is 1. The fourth-order valence-electron chi connectivity index (χ4n) is 1.69. The van der Waals surface area contributed by atoms with Gasteiger partial charge in [-0.2, -0.15) is 0 Å². The highest BCUT2D eigenvalue weighted by atomic mass is 16.6. The number of ether oxygens (including phenoxy) is 2. The summed E-state index contributed by atoms with van der Waals surface area (Å²) >= 11 is 0. The van der Waals surface area contributed by atoms with Gasteiger partial charge in [0.05, 0.1) is 6.10 Å². The molecule has 0 heterocycles. The van der Waals surface area contributed by atoms with Gasteiger partial charge in [0.25, 0.3) is 0 Å². The van der Waals surface area contributed by atoms with Crippen LogP contribution < -0.4 is 0 Å². The fourth-order valence-corrected chi connectivity index (χ4v) is 1.69. The van der Waals surface area contributed by atoms with Gasteiger partial charge in [-0.3, -0.25) is 0 Å². The van der Waals surface area contributed by atoms with Crippen LogP contribution in [0.15, 0.2) is 17.3 Å². The molecule has 0 radical (unpaired) electrons. The van der Waals surface area contributed by atoms with Crippen molar-refractivity contribution in [1.82, 2.24) is 4.90 Å². The number of carbonyl (C=O) groups is 2. The van der Waals surface area contributed by atoms with Crippen LogP contribution in [0.3, 0.4) is 0 Å².